The maximum atomic E-state index is 13.9. The number of nitrogens with zero attached hydrogens (tertiary/aromatic N) is 1. The third kappa shape index (κ3) is 4.99. The molecule has 5 nitrogen and oxygen atoms in total. The summed E-state index contributed by atoms with van der Waals surface area (Å²) < 4.78 is 18.9. The second kappa shape index (κ2) is 9.31. The van der Waals surface area contributed by atoms with Gasteiger partial charge in [0, 0.05) is 26.7 Å². The van der Waals surface area contributed by atoms with Crippen LogP contribution in [0.3, 0.4) is 0 Å². The number of halogens is 1. The van der Waals surface area contributed by atoms with Crippen LogP contribution in [-0.2, 0) is 4.74 Å². The lowest BCUT2D eigenvalue weighted by atomic mass is 10.1. The number of carbonyl (C=O) groups excluding carboxylic acids is 1. The second-order valence-corrected chi connectivity index (χ2v) is 4.60. The molecule has 0 aromatic heterocycles. The highest BCUT2D eigenvalue weighted by Crippen LogP contribution is 2.21. The fourth-order valence-electron chi connectivity index (χ4n) is 1.94. The summed E-state index contributed by atoms with van der Waals surface area (Å²) in [6.07, 6.45) is 0.825. The number of ether oxygens (including phenoxy) is 1. The van der Waals surface area contributed by atoms with Crippen molar-refractivity contribution in [3.63, 3.8) is 0 Å². The number of hydrogen-bond acceptors (Lipinski definition) is 4. The summed E-state index contributed by atoms with van der Waals surface area (Å²) in [5, 5.41) is 12.0. The third-order valence-electron chi connectivity index (χ3n) is 3.02. The Bertz CT molecular complexity index is 455. The molecule has 0 aliphatic heterocycles. The van der Waals surface area contributed by atoms with E-state index in [9.17, 15) is 9.18 Å². The van der Waals surface area contributed by atoms with Gasteiger partial charge in [0.25, 0.3) is 5.91 Å². The Morgan fingerprint density at radius 3 is 2.81 bits per heavy atom. The molecule has 0 heterocycles. The zero-order valence-electron chi connectivity index (χ0n) is 12.6. The van der Waals surface area contributed by atoms with Crippen molar-refractivity contribution < 1.29 is 19.0 Å². The lowest BCUT2D eigenvalue weighted by Crippen LogP contribution is -2.36. The van der Waals surface area contributed by atoms with Crippen LogP contribution in [0, 0.1) is 5.82 Å². The van der Waals surface area contributed by atoms with Crippen molar-refractivity contribution >= 4 is 11.6 Å². The summed E-state index contributed by atoms with van der Waals surface area (Å²) in [6.45, 7) is 3.29. The van der Waals surface area contributed by atoms with E-state index < -0.39 is 5.82 Å². The third-order valence-corrected chi connectivity index (χ3v) is 3.02. The first-order valence-electron chi connectivity index (χ1n) is 7.07. The molecule has 0 saturated carbocycles. The Balaban J connectivity index is 2.99. The van der Waals surface area contributed by atoms with E-state index in [4.69, 9.17) is 9.84 Å². The number of amides is 1. The van der Waals surface area contributed by atoms with E-state index in [0.29, 0.717) is 19.7 Å². The number of anilines is 1. The lowest BCUT2D eigenvalue weighted by molar-refractivity contribution is 0.0657. The molecule has 0 spiro atoms. The average Bonchev–Trinajstić information content (AvgIpc) is 2.49. The van der Waals surface area contributed by atoms with Gasteiger partial charge in [-0.3, -0.25) is 4.79 Å². The van der Waals surface area contributed by atoms with Crippen LogP contribution in [0.2, 0.25) is 0 Å². The average molecular weight is 298 g/mol. The molecule has 21 heavy (non-hydrogen) atoms. The lowest BCUT2D eigenvalue weighted by Gasteiger charge is -2.23. The topological polar surface area (TPSA) is 61.8 Å². The van der Waals surface area contributed by atoms with Gasteiger partial charge in [-0.2, -0.15) is 0 Å². The summed E-state index contributed by atoms with van der Waals surface area (Å²) in [6, 6.07) is 4.41. The highest BCUT2D eigenvalue weighted by molar-refractivity contribution is 5.99. The van der Waals surface area contributed by atoms with Crippen molar-refractivity contribution in [1.29, 1.82) is 0 Å². The van der Waals surface area contributed by atoms with E-state index in [1.807, 2.05) is 6.92 Å². The molecule has 1 rings (SSSR count). The number of aliphatic hydroxyl groups excluding tert-OH is 1. The minimum Gasteiger partial charge on any atom is -0.395 e. The van der Waals surface area contributed by atoms with Gasteiger partial charge in [0.1, 0.15) is 5.82 Å². The van der Waals surface area contributed by atoms with Crippen LogP contribution >= 0.6 is 0 Å². The van der Waals surface area contributed by atoms with E-state index in [0.717, 1.165) is 6.42 Å². The normalized spacial score (nSPS) is 10.5. The molecule has 0 atom stereocenters. The van der Waals surface area contributed by atoms with Gasteiger partial charge in [-0.1, -0.05) is 13.0 Å². The van der Waals surface area contributed by atoms with Gasteiger partial charge in [0.05, 0.1) is 24.5 Å². The Hall–Kier alpha value is -1.66. The number of hydrogen-bond donors (Lipinski definition) is 2. The second-order valence-electron chi connectivity index (χ2n) is 4.60. The van der Waals surface area contributed by atoms with Gasteiger partial charge in [0.2, 0.25) is 0 Å². The van der Waals surface area contributed by atoms with E-state index in [2.05, 4.69) is 5.32 Å². The number of nitrogens with one attached hydrogen (secondary N) is 1. The Morgan fingerprint density at radius 2 is 2.19 bits per heavy atom. The molecule has 2 N–H and O–H groups in total. The van der Waals surface area contributed by atoms with Gasteiger partial charge in [-0.15, -0.1) is 0 Å². The van der Waals surface area contributed by atoms with Gasteiger partial charge in [0.15, 0.2) is 0 Å². The van der Waals surface area contributed by atoms with Crippen molar-refractivity contribution in [1.82, 2.24) is 4.90 Å². The maximum Gasteiger partial charge on any atom is 0.256 e. The van der Waals surface area contributed by atoms with Gasteiger partial charge in [-0.05, 0) is 18.6 Å². The van der Waals surface area contributed by atoms with Crippen LogP contribution in [0.1, 0.15) is 23.7 Å². The monoisotopic (exact) mass is 298 g/mol. The molecule has 0 aliphatic rings. The van der Waals surface area contributed by atoms with E-state index in [-0.39, 0.29) is 30.3 Å². The minimum absolute atomic E-state index is 0.150. The number of benzene rings is 1. The predicted octanol–water partition coefficient (Wildman–Crippen LogP) is 1.73. The summed E-state index contributed by atoms with van der Waals surface area (Å²) in [4.78, 5) is 14.0. The van der Waals surface area contributed by atoms with E-state index in [1.54, 1.807) is 6.07 Å². The number of aliphatic hydroxyl groups is 1. The maximum absolute atomic E-state index is 13.9. The zero-order chi connectivity index (χ0) is 15.7. The quantitative estimate of drug-likeness (QED) is 0.729. The molecule has 0 radical (unpaired) electrons. The fraction of sp³-hybridized carbons (Fsp3) is 0.533. The van der Waals surface area contributed by atoms with Crippen molar-refractivity contribution in [2.24, 2.45) is 0 Å². The Labute approximate surface area is 124 Å². The van der Waals surface area contributed by atoms with Gasteiger partial charge >= 0.3 is 0 Å². The van der Waals surface area contributed by atoms with Crippen LogP contribution in [0.5, 0.6) is 0 Å². The first-order valence-corrected chi connectivity index (χ1v) is 7.07. The number of carbonyl (C=O) groups is 1. The molecule has 118 valence electrons. The summed E-state index contributed by atoms with van der Waals surface area (Å²) in [5.74, 6) is -0.774. The molecule has 0 saturated heterocycles. The summed E-state index contributed by atoms with van der Waals surface area (Å²) >= 11 is 0. The molecule has 0 aliphatic carbocycles. The summed E-state index contributed by atoms with van der Waals surface area (Å²) in [7, 11) is 1.54. The van der Waals surface area contributed by atoms with Crippen LogP contribution < -0.4 is 5.32 Å². The van der Waals surface area contributed by atoms with E-state index in [1.165, 1.54) is 24.1 Å². The van der Waals surface area contributed by atoms with Gasteiger partial charge < -0.3 is 20.1 Å². The molecule has 0 bridgehead atoms. The SMILES string of the molecule is CCCNc1c(F)cccc1C(=O)N(CCO)CCOC. The van der Waals surface area contributed by atoms with Crippen LogP contribution in [-0.4, -0.2) is 55.9 Å². The fourth-order valence-corrected chi connectivity index (χ4v) is 1.94. The standard InChI is InChI=1S/C15H23FN2O3/c1-3-7-17-14-12(5-4-6-13(14)16)15(20)18(8-10-19)9-11-21-2/h4-6,17,19H,3,7-11H2,1-2H3. The zero-order valence-corrected chi connectivity index (χ0v) is 12.6. The van der Waals surface area contributed by atoms with Crippen molar-refractivity contribution in [2.45, 2.75) is 13.3 Å². The molecule has 1 amide bonds. The molecular weight excluding hydrogens is 275 g/mol. The molecule has 0 fully saturated rings. The minimum atomic E-state index is -0.454. The highest BCUT2D eigenvalue weighted by atomic mass is 19.1. The summed E-state index contributed by atoms with van der Waals surface area (Å²) in [5.41, 5.74) is 0.484. The van der Waals surface area contributed by atoms with Crippen LogP contribution in [0.4, 0.5) is 10.1 Å². The van der Waals surface area contributed by atoms with Crippen molar-refractivity contribution in [2.75, 3.05) is 45.3 Å². The van der Waals surface area contributed by atoms with Crippen molar-refractivity contribution in [3.05, 3.63) is 29.6 Å². The molecule has 1 aromatic rings. The van der Waals surface area contributed by atoms with Crippen LogP contribution in [0.15, 0.2) is 18.2 Å². The molecular formula is C15H23FN2O3. The van der Waals surface area contributed by atoms with Crippen molar-refractivity contribution in [3.8, 4) is 0 Å². The highest BCUT2D eigenvalue weighted by Gasteiger charge is 2.20. The Morgan fingerprint density at radius 1 is 1.43 bits per heavy atom. The van der Waals surface area contributed by atoms with Crippen LogP contribution in [0.25, 0.3) is 0 Å². The van der Waals surface area contributed by atoms with E-state index >= 15 is 0 Å². The largest absolute Gasteiger partial charge is 0.395 e. The number of methoxy groups -OCH3 is 1. The number of para-hydroxylation sites is 1. The smallest absolute Gasteiger partial charge is 0.256 e. The number of rotatable bonds is 9. The first kappa shape index (κ1) is 17.4. The molecule has 1 aromatic carbocycles. The predicted molar refractivity (Wildman–Crippen MR) is 80.0 cm³/mol. The molecule has 6 heteroatoms. The van der Waals surface area contributed by atoms with Gasteiger partial charge in [-0.25, -0.2) is 4.39 Å². The Kier molecular flexibility index (Phi) is 7.71. The first-order chi connectivity index (χ1) is 10.2. The molecule has 0 unspecified atom stereocenters.